The van der Waals surface area contributed by atoms with Gasteiger partial charge in [0.05, 0.1) is 17.9 Å². The second-order valence-electron chi connectivity index (χ2n) is 4.57. The van der Waals surface area contributed by atoms with Crippen molar-refractivity contribution in [1.29, 1.82) is 0 Å². The summed E-state index contributed by atoms with van der Waals surface area (Å²) >= 11 is 5.88. The van der Waals surface area contributed by atoms with Gasteiger partial charge >= 0.3 is 0 Å². The van der Waals surface area contributed by atoms with Crippen molar-refractivity contribution >= 4 is 28.9 Å². The van der Waals surface area contributed by atoms with Crippen LogP contribution in [0, 0.1) is 0 Å². The predicted octanol–water partition coefficient (Wildman–Crippen LogP) is 3.39. The lowest BCUT2D eigenvalue weighted by atomic mass is 10.1. The van der Waals surface area contributed by atoms with Crippen LogP contribution in [-0.4, -0.2) is 19.6 Å². The summed E-state index contributed by atoms with van der Waals surface area (Å²) < 4.78 is 0. The Hall–Kier alpha value is -2.00. The standard InChI is InChI=1S/C15H13ClN2O/c1-17-10-18(12-8-6-11(16)7-9-12)15(19)13-4-2-3-5-14(13)17/h2-9H,10H2,1H3. The number of carbonyl (C=O) groups excluding carboxylic acids is 1. The first-order valence-corrected chi connectivity index (χ1v) is 6.42. The van der Waals surface area contributed by atoms with E-state index in [0.717, 1.165) is 16.9 Å². The molecule has 0 bridgehead atoms. The summed E-state index contributed by atoms with van der Waals surface area (Å²) in [6.07, 6.45) is 0. The van der Waals surface area contributed by atoms with E-state index in [0.29, 0.717) is 11.7 Å². The van der Waals surface area contributed by atoms with Crippen LogP contribution in [0.1, 0.15) is 10.4 Å². The van der Waals surface area contributed by atoms with Gasteiger partial charge in [-0.1, -0.05) is 23.7 Å². The highest BCUT2D eigenvalue weighted by Gasteiger charge is 2.27. The smallest absolute Gasteiger partial charge is 0.261 e. The van der Waals surface area contributed by atoms with E-state index in [2.05, 4.69) is 4.90 Å². The van der Waals surface area contributed by atoms with Crippen LogP contribution >= 0.6 is 11.6 Å². The third kappa shape index (κ3) is 2.06. The molecule has 0 aromatic heterocycles. The minimum atomic E-state index is 0.0241. The average molecular weight is 273 g/mol. The first-order valence-electron chi connectivity index (χ1n) is 6.04. The molecule has 3 nitrogen and oxygen atoms in total. The molecule has 0 N–H and O–H groups in total. The zero-order valence-corrected chi connectivity index (χ0v) is 11.3. The molecule has 0 atom stereocenters. The second-order valence-corrected chi connectivity index (χ2v) is 5.00. The minimum absolute atomic E-state index is 0.0241. The summed E-state index contributed by atoms with van der Waals surface area (Å²) in [6, 6.07) is 15.0. The van der Waals surface area contributed by atoms with Crippen LogP contribution in [0.15, 0.2) is 48.5 Å². The van der Waals surface area contributed by atoms with E-state index >= 15 is 0 Å². The largest absolute Gasteiger partial charge is 0.356 e. The van der Waals surface area contributed by atoms with Crippen LogP contribution < -0.4 is 9.80 Å². The van der Waals surface area contributed by atoms with Crippen molar-refractivity contribution in [2.24, 2.45) is 0 Å². The number of nitrogens with zero attached hydrogens (tertiary/aromatic N) is 2. The number of para-hydroxylation sites is 1. The van der Waals surface area contributed by atoms with Crippen LogP contribution in [0.3, 0.4) is 0 Å². The molecular formula is C15H13ClN2O. The number of carbonyl (C=O) groups is 1. The van der Waals surface area contributed by atoms with Gasteiger partial charge in [0.2, 0.25) is 0 Å². The molecule has 1 heterocycles. The van der Waals surface area contributed by atoms with Crippen LogP contribution in [0.4, 0.5) is 11.4 Å². The van der Waals surface area contributed by atoms with E-state index in [4.69, 9.17) is 11.6 Å². The molecule has 96 valence electrons. The summed E-state index contributed by atoms with van der Waals surface area (Å²) in [5.41, 5.74) is 2.56. The molecule has 2 aromatic carbocycles. The predicted molar refractivity (Wildman–Crippen MR) is 78.0 cm³/mol. The van der Waals surface area contributed by atoms with E-state index in [-0.39, 0.29) is 5.91 Å². The van der Waals surface area contributed by atoms with Gasteiger partial charge in [-0.3, -0.25) is 9.69 Å². The van der Waals surface area contributed by atoms with Crippen molar-refractivity contribution in [2.45, 2.75) is 0 Å². The number of amides is 1. The number of halogens is 1. The Morgan fingerprint density at radius 1 is 1.05 bits per heavy atom. The number of hydrogen-bond donors (Lipinski definition) is 0. The van der Waals surface area contributed by atoms with Gasteiger partial charge in [0.1, 0.15) is 0 Å². The van der Waals surface area contributed by atoms with Gasteiger partial charge in [0.15, 0.2) is 0 Å². The zero-order valence-electron chi connectivity index (χ0n) is 10.5. The van der Waals surface area contributed by atoms with Crippen LogP contribution in [-0.2, 0) is 0 Å². The van der Waals surface area contributed by atoms with Gasteiger partial charge in [0, 0.05) is 17.8 Å². The molecular weight excluding hydrogens is 260 g/mol. The maximum absolute atomic E-state index is 12.5. The SMILES string of the molecule is CN1CN(c2ccc(Cl)cc2)C(=O)c2ccccc21. The van der Waals surface area contributed by atoms with E-state index in [1.165, 1.54) is 0 Å². The Labute approximate surface area is 117 Å². The molecule has 0 aliphatic carbocycles. The normalized spacial score (nSPS) is 14.5. The van der Waals surface area contributed by atoms with Gasteiger partial charge in [-0.05, 0) is 36.4 Å². The summed E-state index contributed by atoms with van der Waals surface area (Å²) in [5, 5.41) is 0.668. The molecule has 19 heavy (non-hydrogen) atoms. The summed E-state index contributed by atoms with van der Waals surface area (Å²) in [4.78, 5) is 16.3. The highest BCUT2D eigenvalue weighted by molar-refractivity contribution is 6.30. The monoisotopic (exact) mass is 272 g/mol. The molecule has 1 amide bonds. The van der Waals surface area contributed by atoms with Gasteiger partial charge < -0.3 is 4.90 Å². The van der Waals surface area contributed by atoms with Crippen molar-refractivity contribution in [2.75, 3.05) is 23.5 Å². The first-order chi connectivity index (χ1) is 9.16. The highest BCUT2D eigenvalue weighted by Crippen LogP contribution is 2.29. The third-order valence-electron chi connectivity index (χ3n) is 3.28. The van der Waals surface area contributed by atoms with Crippen LogP contribution in [0.2, 0.25) is 5.02 Å². The molecule has 0 spiro atoms. The molecule has 0 radical (unpaired) electrons. The van der Waals surface area contributed by atoms with Crippen molar-refractivity contribution in [1.82, 2.24) is 0 Å². The van der Waals surface area contributed by atoms with Gasteiger partial charge in [-0.2, -0.15) is 0 Å². The minimum Gasteiger partial charge on any atom is -0.356 e. The quantitative estimate of drug-likeness (QED) is 0.794. The molecule has 0 unspecified atom stereocenters. The Bertz CT molecular complexity index is 624. The number of fused-ring (bicyclic) bond motifs is 1. The highest BCUT2D eigenvalue weighted by atomic mass is 35.5. The topological polar surface area (TPSA) is 23.6 Å². The molecule has 0 saturated heterocycles. The Kier molecular flexibility index (Phi) is 2.91. The fourth-order valence-electron chi connectivity index (χ4n) is 2.31. The molecule has 1 aliphatic rings. The first kappa shape index (κ1) is 12.1. The summed E-state index contributed by atoms with van der Waals surface area (Å²) in [5.74, 6) is 0.0241. The van der Waals surface area contributed by atoms with E-state index in [9.17, 15) is 4.79 Å². The fraction of sp³-hybridized carbons (Fsp3) is 0.133. The molecule has 1 aliphatic heterocycles. The van der Waals surface area contributed by atoms with Crippen LogP contribution in [0.5, 0.6) is 0 Å². The average Bonchev–Trinajstić information content (AvgIpc) is 2.44. The Morgan fingerprint density at radius 3 is 2.47 bits per heavy atom. The van der Waals surface area contributed by atoms with Crippen LogP contribution in [0.25, 0.3) is 0 Å². The number of hydrogen-bond acceptors (Lipinski definition) is 2. The molecule has 0 saturated carbocycles. The van der Waals surface area contributed by atoms with Crippen molar-refractivity contribution in [3.63, 3.8) is 0 Å². The lowest BCUT2D eigenvalue weighted by Crippen LogP contribution is -2.45. The van der Waals surface area contributed by atoms with Gasteiger partial charge in [-0.25, -0.2) is 0 Å². The van der Waals surface area contributed by atoms with Crippen molar-refractivity contribution in [3.8, 4) is 0 Å². The zero-order chi connectivity index (χ0) is 13.4. The molecule has 3 rings (SSSR count). The maximum Gasteiger partial charge on any atom is 0.261 e. The third-order valence-corrected chi connectivity index (χ3v) is 3.53. The van der Waals surface area contributed by atoms with Gasteiger partial charge in [-0.15, -0.1) is 0 Å². The van der Waals surface area contributed by atoms with E-state index < -0.39 is 0 Å². The van der Waals surface area contributed by atoms with Gasteiger partial charge in [0.25, 0.3) is 5.91 Å². The number of benzene rings is 2. The maximum atomic E-state index is 12.5. The number of rotatable bonds is 1. The number of anilines is 2. The fourth-order valence-corrected chi connectivity index (χ4v) is 2.43. The van der Waals surface area contributed by atoms with E-state index in [1.54, 1.807) is 17.0 Å². The lowest BCUT2D eigenvalue weighted by molar-refractivity contribution is 0.0983. The molecule has 4 heteroatoms. The summed E-state index contributed by atoms with van der Waals surface area (Å²) in [6.45, 7) is 0.539. The Balaban J connectivity index is 2.02. The van der Waals surface area contributed by atoms with Crippen molar-refractivity contribution < 1.29 is 4.79 Å². The van der Waals surface area contributed by atoms with E-state index in [1.807, 2.05) is 43.4 Å². The molecule has 0 fully saturated rings. The summed E-state index contributed by atoms with van der Waals surface area (Å²) in [7, 11) is 1.98. The molecule has 2 aromatic rings. The lowest BCUT2D eigenvalue weighted by Gasteiger charge is -2.35. The Morgan fingerprint density at radius 2 is 1.74 bits per heavy atom. The second kappa shape index (κ2) is 4.59. The van der Waals surface area contributed by atoms with Crippen molar-refractivity contribution in [3.05, 3.63) is 59.1 Å².